The molecule has 1 nitrogen and oxygen atoms in total. The van der Waals surface area contributed by atoms with Crippen LogP contribution < -0.4 is 5.32 Å². The highest BCUT2D eigenvalue weighted by Gasteiger charge is 2.16. The van der Waals surface area contributed by atoms with Crippen molar-refractivity contribution in [3.8, 4) is 0 Å². The van der Waals surface area contributed by atoms with E-state index >= 15 is 0 Å². The Hall–Kier alpha value is -0.820. The first-order chi connectivity index (χ1) is 6.53. The minimum Gasteiger partial charge on any atom is -0.319 e. The fourth-order valence-electron chi connectivity index (χ4n) is 1.80. The van der Waals surface area contributed by atoms with Crippen LogP contribution in [-0.4, -0.2) is 13.6 Å². The van der Waals surface area contributed by atoms with Crippen molar-refractivity contribution in [3.63, 3.8) is 0 Å². The molecule has 0 radical (unpaired) electrons. The highest BCUT2D eigenvalue weighted by atomic mass is 14.8. The van der Waals surface area contributed by atoms with E-state index in [4.69, 9.17) is 0 Å². The van der Waals surface area contributed by atoms with Crippen LogP contribution in [0.25, 0.3) is 0 Å². The zero-order valence-electron chi connectivity index (χ0n) is 9.72. The number of rotatable bonds is 4. The second kappa shape index (κ2) is 4.61. The Labute approximate surface area is 87.5 Å². The molecule has 0 saturated carbocycles. The van der Waals surface area contributed by atoms with Gasteiger partial charge < -0.3 is 5.32 Å². The summed E-state index contributed by atoms with van der Waals surface area (Å²) < 4.78 is 0. The van der Waals surface area contributed by atoms with Gasteiger partial charge in [0.05, 0.1) is 0 Å². The van der Waals surface area contributed by atoms with Gasteiger partial charge in [-0.3, -0.25) is 0 Å². The van der Waals surface area contributed by atoms with Crippen LogP contribution in [0.4, 0.5) is 0 Å². The Balaban J connectivity index is 2.64. The summed E-state index contributed by atoms with van der Waals surface area (Å²) >= 11 is 0. The van der Waals surface area contributed by atoms with Crippen LogP contribution in [-0.2, 0) is 6.42 Å². The van der Waals surface area contributed by atoms with Crippen molar-refractivity contribution in [2.45, 2.75) is 27.2 Å². The Kier molecular flexibility index (Phi) is 3.70. The van der Waals surface area contributed by atoms with Gasteiger partial charge in [0.15, 0.2) is 0 Å². The van der Waals surface area contributed by atoms with Crippen molar-refractivity contribution in [3.05, 3.63) is 35.4 Å². The second-order valence-corrected chi connectivity index (χ2v) is 4.86. The lowest BCUT2D eigenvalue weighted by atomic mass is 9.85. The van der Waals surface area contributed by atoms with Gasteiger partial charge in [-0.25, -0.2) is 0 Å². The molecule has 0 fully saturated rings. The molecule has 78 valence electrons. The zero-order chi connectivity index (χ0) is 10.6. The van der Waals surface area contributed by atoms with Crippen LogP contribution in [0.2, 0.25) is 0 Å². The molecule has 1 aromatic carbocycles. The molecular formula is C13H21N. The fourth-order valence-corrected chi connectivity index (χ4v) is 1.80. The average Bonchev–Trinajstić information content (AvgIpc) is 2.08. The molecular weight excluding hydrogens is 170 g/mol. The van der Waals surface area contributed by atoms with Crippen molar-refractivity contribution in [2.75, 3.05) is 13.6 Å². The standard InChI is InChI=1S/C13H21N/c1-11-5-7-12(8-6-11)9-13(2,3)10-14-4/h5-8,14H,9-10H2,1-4H3. The monoisotopic (exact) mass is 191 g/mol. The summed E-state index contributed by atoms with van der Waals surface area (Å²) in [5.41, 5.74) is 3.10. The topological polar surface area (TPSA) is 12.0 Å². The first-order valence-electron chi connectivity index (χ1n) is 5.24. The lowest BCUT2D eigenvalue weighted by molar-refractivity contribution is 0.350. The van der Waals surface area contributed by atoms with Crippen molar-refractivity contribution in [1.29, 1.82) is 0 Å². The largest absolute Gasteiger partial charge is 0.319 e. The van der Waals surface area contributed by atoms with Crippen molar-refractivity contribution in [1.82, 2.24) is 5.32 Å². The van der Waals surface area contributed by atoms with Gasteiger partial charge in [-0.05, 0) is 31.4 Å². The number of hydrogen-bond acceptors (Lipinski definition) is 1. The molecule has 1 heteroatoms. The maximum Gasteiger partial charge on any atom is 0.000270 e. The number of hydrogen-bond donors (Lipinski definition) is 1. The Morgan fingerprint density at radius 2 is 1.71 bits per heavy atom. The van der Waals surface area contributed by atoms with E-state index in [-0.39, 0.29) is 0 Å². The lowest BCUT2D eigenvalue weighted by Crippen LogP contribution is -2.28. The van der Waals surface area contributed by atoms with Crippen LogP contribution >= 0.6 is 0 Å². The van der Waals surface area contributed by atoms with Crippen LogP contribution in [0.1, 0.15) is 25.0 Å². The van der Waals surface area contributed by atoms with E-state index < -0.39 is 0 Å². The second-order valence-electron chi connectivity index (χ2n) is 4.86. The summed E-state index contributed by atoms with van der Waals surface area (Å²) in [6.45, 7) is 7.77. The van der Waals surface area contributed by atoms with Gasteiger partial charge in [0.25, 0.3) is 0 Å². The molecule has 0 atom stereocenters. The predicted molar refractivity (Wildman–Crippen MR) is 62.6 cm³/mol. The predicted octanol–water partition coefficient (Wildman–Crippen LogP) is 2.78. The Bertz CT molecular complexity index is 272. The minimum absolute atomic E-state index is 0.337. The maximum absolute atomic E-state index is 3.24. The van der Waals surface area contributed by atoms with Crippen LogP contribution in [0.5, 0.6) is 0 Å². The summed E-state index contributed by atoms with van der Waals surface area (Å²) in [6, 6.07) is 8.83. The molecule has 0 aliphatic heterocycles. The molecule has 1 N–H and O–H groups in total. The van der Waals surface area contributed by atoms with Gasteiger partial charge in [0.2, 0.25) is 0 Å². The first kappa shape index (κ1) is 11.3. The first-order valence-corrected chi connectivity index (χ1v) is 5.24. The third kappa shape index (κ3) is 3.51. The zero-order valence-corrected chi connectivity index (χ0v) is 9.72. The Morgan fingerprint density at radius 1 is 1.14 bits per heavy atom. The van der Waals surface area contributed by atoms with E-state index in [9.17, 15) is 0 Å². The van der Waals surface area contributed by atoms with Crippen molar-refractivity contribution >= 4 is 0 Å². The smallest absolute Gasteiger partial charge is 0.000270 e. The van der Waals surface area contributed by atoms with E-state index in [0.29, 0.717) is 5.41 Å². The van der Waals surface area contributed by atoms with Crippen molar-refractivity contribution < 1.29 is 0 Å². The molecule has 0 saturated heterocycles. The summed E-state index contributed by atoms with van der Waals surface area (Å²) in [5.74, 6) is 0. The minimum atomic E-state index is 0.337. The van der Waals surface area contributed by atoms with Gasteiger partial charge in [0, 0.05) is 6.54 Å². The van der Waals surface area contributed by atoms with Crippen LogP contribution in [0, 0.1) is 12.3 Å². The third-order valence-corrected chi connectivity index (χ3v) is 2.46. The van der Waals surface area contributed by atoms with Crippen LogP contribution in [0.3, 0.4) is 0 Å². The molecule has 0 heterocycles. The number of aryl methyl sites for hydroxylation is 1. The summed E-state index contributed by atoms with van der Waals surface area (Å²) in [6.07, 6.45) is 1.13. The number of benzene rings is 1. The van der Waals surface area contributed by atoms with E-state index in [1.807, 2.05) is 7.05 Å². The summed E-state index contributed by atoms with van der Waals surface area (Å²) in [7, 11) is 2.01. The maximum atomic E-state index is 3.24. The molecule has 1 aromatic rings. The quantitative estimate of drug-likeness (QED) is 0.771. The molecule has 0 spiro atoms. The SMILES string of the molecule is CNCC(C)(C)Cc1ccc(C)cc1. The summed E-state index contributed by atoms with van der Waals surface area (Å²) in [5, 5.41) is 3.24. The molecule has 1 rings (SSSR count). The van der Waals surface area contributed by atoms with E-state index in [2.05, 4.69) is 50.4 Å². The molecule has 0 bridgehead atoms. The van der Waals surface area contributed by atoms with Crippen LogP contribution in [0.15, 0.2) is 24.3 Å². The molecule has 0 aliphatic carbocycles. The van der Waals surface area contributed by atoms with Gasteiger partial charge in [-0.1, -0.05) is 43.7 Å². The van der Waals surface area contributed by atoms with Gasteiger partial charge in [-0.2, -0.15) is 0 Å². The highest BCUT2D eigenvalue weighted by molar-refractivity contribution is 5.22. The molecule has 0 aliphatic rings. The summed E-state index contributed by atoms with van der Waals surface area (Å²) in [4.78, 5) is 0. The van der Waals surface area contributed by atoms with Gasteiger partial charge in [0.1, 0.15) is 0 Å². The normalized spacial score (nSPS) is 11.7. The molecule has 0 unspecified atom stereocenters. The average molecular weight is 191 g/mol. The molecule has 14 heavy (non-hydrogen) atoms. The van der Waals surface area contributed by atoms with E-state index in [0.717, 1.165) is 13.0 Å². The highest BCUT2D eigenvalue weighted by Crippen LogP contribution is 2.20. The fraction of sp³-hybridized carbons (Fsp3) is 0.538. The van der Waals surface area contributed by atoms with Crippen molar-refractivity contribution in [2.24, 2.45) is 5.41 Å². The van der Waals surface area contributed by atoms with Gasteiger partial charge in [-0.15, -0.1) is 0 Å². The Morgan fingerprint density at radius 3 is 2.21 bits per heavy atom. The lowest BCUT2D eigenvalue weighted by Gasteiger charge is -2.24. The van der Waals surface area contributed by atoms with E-state index in [1.165, 1.54) is 11.1 Å². The van der Waals surface area contributed by atoms with E-state index in [1.54, 1.807) is 0 Å². The molecule has 0 amide bonds. The third-order valence-electron chi connectivity index (χ3n) is 2.46. The molecule has 0 aromatic heterocycles. The van der Waals surface area contributed by atoms with Gasteiger partial charge >= 0.3 is 0 Å². The number of nitrogens with one attached hydrogen (secondary N) is 1.